The van der Waals surface area contributed by atoms with E-state index in [1.165, 1.54) is 44.3 Å². The summed E-state index contributed by atoms with van der Waals surface area (Å²) >= 11 is 0. The van der Waals surface area contributed by atoms with E-state index in [-0.39, 0.29) is 11.9 Å². The molecule has 0 radical (unpaired) electrons. The number of nitrogens with one attached hydrogen (secondary N) is 2. The molecule has 0 spiro atoms. The van der Waals surface area contributed by atoms with Gasteiger partial charge in [0, 0.05) is 43.9 Å². The number of ether oxygens (including phenoxy) is 1. The van der Waals surface area contributed by atoms with E-state index in [0.29, 0.717) is 6.54 Å². The first kappa shape index (κ1) is 24.7. The lowest BCUT2D eigenvalue weighted by molar-refractivity contribution is -0.121. The lowest BCUT2D eigenvalue weighted by atomic mass is 9.88. The van der Waals surface area contributed by atoms with E-state index in [1.54, 1.807) is 6.20 Å². The molecular weight excluding hydrogens is 424 g/mol. The minimum absolute atomic E-state index is 0.000713. The Bertz CT molecular complexity index is 903. The van der Waals surface area contributed by atoms with Crippen molar-refractivity contribution < 1.29 is 9.53 Å². The largest absolute Gasteiger partial charge is 0.381 e. The van der Waals surface area contributed by atoms with Crippen LogP contribution in [0.3, 0.4) is 0 Å². The Morgan fingerprint density at radius 2 is 1.79 bits per heavy atom. The molecule has 2 aliphatic heterocycles. The van der Waals surface area contributed by atoms with Crippen molar-refractivity contribution in [3.8, 4) is 0 Å². The van der Waals surface area contributed by atoms with Crippen LogP contribution in [0, 0.1) is 5.92 Å². The van der Waals surface area contributed by atoms with Crippen molar-refractivity contribution in [2.24, 2.45) is 5.92 Å². The van der Waals surface area contributed by atoms with Gasteiger partial charge in [-0.1, -0.05) is 31.2 Å². The first-order valence-corrected chi connectivity index (χ1v) is 13.0. The van der Waals surface area contributed by atoms with Crippen molar-refractivity contribution in [1.82, 2.24) is 15.2 Å². The van der Waals surface area contributed by atoms with E-state index < -0.39 is 0 Å². The van der Waals surface area contributed by atoms with E-state index in [1.807, 2.05) is 19.2 Å². The summed E-state index contributed by atoms with van der Waals surface area (Å²) in [5, 5.41) is 6.38. The van der Waals surface area contributed by atoms with Crippen molar-refractivity contribution >= 4 is 11.6 Å². The highest BCUT2D eigenvalue weighted by Crippen LogP contribution is 2.26. The average Bonchev–Trinajstić information content (AvgIpc) is 2.89. The molecule has 0 unspecified atom stereocenters. The summed E-state index contributed by atoms with van der Waals surface area (Å²) in [5.74, 6) is 0.772. The quantitative estimate of drug-likeness (QED) is 0.582. The van der Waals surface area contributed by atoms with Crippen molar-refractivity contribution in [2.45, 2.75) is 71.0 Å². The van der Waals surface area contributed by atoms with Crippen LogP contribution in [0.1, 0.15) is 56.2 Å². The molecular formula is C28H40N4O2. The number of aryl methyl sites for hydroxylation is 1. The van der Waals surface area contributed by atoms with Crippen molar-refractivity contribution in [3.63, 3.8) is 0 Å². The summed E-state index contributed by atoms with van der Waals surface area (Å²) < 4.78 is 5.52. The van der Waals surface area contributed by atoms with Gasteiger partial charge in [0.2, 0.25) is 5.91 Å². The van der Waals surface area contributed by atoms with Gasteiger partial charge in [-0.25, -0.2) is 0 Å². The van der Waals surface area contributed by atoms with Gasteiger partial charge in [-0.05, 0) is 87.2 Å². The second-order valence-electron chi connectivity index (χ2n) is 9.81. The fraction of sp³-hybridized carbons (Fsp3) is 0.571. The summed E-state index contributed by atoms with van der Waals surface area (Å²) in [6, 6.07) is 11.1. The number of benzene rings is 1. The molecule has 6 heteroatoms. The third kappa shape index (κ3) is 6.80. The molecule has 4 rings (SSSR count). The number of carbonyl (C=O) groups is 1. The maximum absolute atomic E-state index is 12.6. The van der Waals surface area contributed by atoms with Crippen molar-refractivity contribution in [2.75, 3.05) is 31.6 Å². The number of anilines is 1. The number of aromatic nitrogens is 1. The molecule has 184 valence electrons. The fourth-order valence-corrected chi connectivity index (χ4v) is 5.19. The van der Waals surface area contributed by atoms with E-state index in [2.05, 4.69) is 51.7 Å². The third-order valence-corrected chi connectivity index (χ3v) is 7.42. The van der Waals surface area contributed by atoms with Gasteiger partial charge < -0.3 is 20.3 Å². The van der Waals surface area contributed by atoms with Crippen LogP contribution in [0.25, 0.3) is 0 Å². The molecule has 2 saturated heterocycles. The van der Waals surface area contributed by atoms with E-state index >= 15 is 0 Å². The first-order chi connectivity index (χ1) is 16.6. The number of nitrogens with zero attached hydrogens (tertiary/aromatic N) is 2. The molecule has 1 aromatic carbocycles. The van der Waals surface area contributed by atoms with E-state index in [0.717, 1.165) is 54.8 Å². The van der Waals surface area contributed by atoms with Crippen LogP contribution >= 0.6 is 0 Å². The lowest BCUT2D eigenvalue weighted by Crippen LogP contribution is -2.44. The smallest absolute Gasteiger partial charge is 0.242 e. The maximum Gasteiger partial charge on any atom is 0.242 e. The molecule has 0 bridgehead atoms. The number of hydrogen-bond acceptors (Lipinski definition) is 5. The highest BCUT2D eigenvalue weighted by Gasteiger charge is 2.26. The minimum atomic E-state index is -0.307. The highest BCUT2D eigenvalue weighted by molar-refractivity contribution is 5.84. The molecule has 2 fully saturated rings. The van der Waals surface area contributed by atoms with Crippen LogP contribution in [0.5, 0.6) is 0 Å². The third-order valence-electron chi connectivity index (χ3n) is 7.42. The Kier molecular flexibility index (Phi) is 8.94. The van der Waals surface area contributed by atoms with Gasteiger partial charge in [0.15, 0.2) is 0 Å². The van der Waals surface area contributed by atoms with Crippen LogP contribution in [0.2, 0.25) is 0 Å². The van der Waals surface area contributed by atoms with Crippen molar-refractivity contribution in [1.29, 1.82) is 0 Å². The summed E-state index contributed by atoms with van der Waals surface area (Å²) in [6.45, 7) is 8.84. The van der Waals surface area contributed by atoms with Crippen LogP contribution < -0.4 is 10.6 Å². The normalized spacial score (nSPS) is 19.0. The van der Waals surface area contributed by atoms with Crippen LogP contribution in [0.15, 0.2) is 42.7 Å². The molecule has 0 aliphatic carbocycles. The molecule has 1 aromatic heterocycles. The Morgan fingerprint density at radius 1 is 1.09 bits per heavy atom. The fourth-order valence-electron chi connectivity index (χ4n) is 5.19. The Hall–Kier alpha value is -2.44. The predicted octanol–water partition coefficient (Wildman–Crippen LogP) is 4.19. The topological polar surface area (TPSA) is 66.5 Å². The van der Waals surface area contributed by atoms with E-state index in [4.69, 9.17) is 4.74 Å². The van der Waals surface area contributed by atoms with Gasteiger partial charge in [-0.2, -0.15) is 0 Å². The summed E-state index contributed by atoms with van der Waals surface area (Å²) in [6.07, 6.45) is 10.6. The van der Waals surface area contributed by atoms with Crippen LogP contribution in [0.4, 0.5) is 5.69 Å². The number of hydrogen-bond donors (Lipinski definition) is 2. The Morgan fingerprint density at radius 3 is 2.50 bits per heavy atom. The van der Waals surface area contributed by atoms with Gasteiger partial charge in [0.25, 0.3) is 0 Å². The van der Waals surface area contributed by atoms with Gasteiger partial charge >= 0.3 is 0 Å². The minimum Gasteiger partial charge on any atom is -0.381 e. The number of amides is 1. The second kappa shape index (κ2) is 12.3. The maximum atomic E-state index is 12.6. The van der Waals surface area contributed by atoms with Gasteiger partial charge in [-0.15, -0.1) is 0 Å². The predicted molar refractivity (Wildman–Crippen MR) is 137 cm³/mol. The summed E-state index contributed by atoms with van der Waals surface area (Å²) in [4.78, 5) is 19.4. The molecule has 3 heterocycles. The molecule has 2 N–H and O–H groups in total. The average molecular weight is 465 g/mol. The summed E-state index contributed by atoms with van der Waals surface area (Å²) in [7, 11) is 0. The number of piperidine rings is 1. The lowest BCUT2D eigenvalue weighted by Gasteiger charge is -2.39. The zero-order valence-electron chi connectivity index (χ0n) is 20.8. The molecule has 34 heavy (non-hydrogen) atoms. The summed E-state index contributed by atoms with van der Waals surface area (Å²) in [5.41, 5.74) is 4.63. The molecule has 2 aliphatic rings. The molecule has 1 amide bonds. The van der Waals surface area contributed by atoms with Gasteiger partial charge in [-0.3, -0.25) is 9.78 Å². The molecule has 1 atom stereocenters. The number of likely N-dealkylation sites (tertiary alicyclic amines) is 1. The van der Waals surface area contributed by atoms with Gasteiger partial charge in [0.1, 0.15) is 6.04 Å². The number of carbonyl (C=O) groups excluding carboxylic acids is 1. The first-order valence-electron chi connectivity index (χ1n) is 13.0. The van der Waals surface area contributed by atoms with Crippen LogP contribution in [-0.4, -0.2) is 54.2 Å². The number of rotatable bonds is 9. The number of pyridine rings is 1. The highest BCUT2D eigenvalue weighted by atomic mass is 16.5. The Labute approximate surface area is 204 Å². The Balaban J connectivity index is 1.19. The van der Waals surface area contributed by atoms with Crippen molar-refractivity contribution in [3.05, 3.63) is 59.4 Å². The molecule has 0 saturated carbocycles. The molecule has 2 aromatic rings. The van der Waals surface area contributed by atoms with Gasteiger partial charge in [0.05, 0.1) is 0 Å². The monoisotopic (exact) mass is 464 g/mol. The second-order valence-corrected chi connectivity index (χ2v) is 9.81. The van der Waals surface area contributed by atoms with E-state index in [9.17, 15) is 4.79 Å². The molecule has 6 nitrogen and oxygen atoms in total. The zero-order chi connectivity index (χ0) is 23.8. The van der Waals surface area contributed by atoms with Crippen LogP contribution in [-0.2, 0) is 28.9 Å². The standard InChI is InChI=1S/C28H40N4O2/c1-3-25-20-29-13-8-27(25)31-21(2)28(33)30-19-24-6-4-22(5-7-24)18-23-9-14-32(15-10-23)26-11-16-34-17-12-26/h4-8,13,20-21,23,26H,3,9-12,14-19H2,1-2H3,(H,29,31)(H,30,33)/t21-/m1/s1. The SMILES string of the molecule is CCc1cnccc1N[C@H](C)C(=O)NCc1ccc(CC2CCN(C3CCOCC3)CC2)cc1. The zero-order valence-corrected chi connectivity index (χ0v) is 20.8.